The van der Waals surface area contributed by atoms with Crippen molar-refractivity contribution < 1.29 is 13.2 Å². The number of nitrogens with zero attached hydrogens (tertiary/aromatic N) is 1. The summed E-state index contributed by atoms with van der Waals surface area (Å²) in [7, 11) is 0. The van der Waals surface area contributed by atoms with Gasteiger partial charge in [-0.2, -0.15) is 4.39 Å². The molecule has 0 aliphatic rings. The number of pyridine rings is 1. The molecule has 0 spiro atoms. The summed E-state index contributed by atoms with van der Waals surface area (Å²) in [6.45, 7) is 0. The molecule has 0 radical (unpaired) electrons. The first-order valence-electron chi connectivity index (χ1n) is 3.24. The highest BCUT2D eigenvalue weighted by Crippen LogP contribution is 2.29. The van der Waals surface area contributed by atoms with E-state index in [9.17, 15) is 13.2 Å². The van der Waals surface area contributed by atoms with E-state index in [1.165, 1.54) is 0 Å². The molecule has 0 atom stereocenters. The van der Waals surface area contributed by atoms with E-state index >= 15 is 0 Å². The van der Waals surface area contributed by atoms with Crippen LogP contribution in [-0.4, -0.2) is 4.98 Å². The Morgan fingerprint density at radius 2 is 2.15 bits per heavy atom. The highest BCUT2D eigenvalue weighted by molar-refractivity contribution is 14.1. The van der Waals surface area contributed by atoms with E-state index in [-0.39, 0.29) is 20.0 Å². The van der Waals surface area contributed by atoms with Crippen LogP contribution in [-0.2, 0) is 5.33 Å². The predicted octanol–water partition coefficient (Wildman–Crippen LogP) is 3.66. The van der Waals surface area contributed by atoms with Crippen LogP contribution in [0.2, 0.25) is 0 Å². The highest BCUT2D eigenvalue weighted by atomic mass is 127. The van der Waals surface area contributed by atoms with E-state index < -0.39 is 12.4 Å². The molecule has 0 bridgehead atoms. The first-order chi connectivity index (χ1) is 6.07. The molecule has 0 aliphatic carbocycles. The van der Waals surface area contributed by atoms with Gasteiger partial charge in [0.2, 0.25) is 5.95 Å². The minimum absolute atomic E-state index is 0.0440. The number of alkyl halides is 3. The van der Waals surface area contributed by atoms with Gasteiger partial charge in [0.25, 0.3) is 6.43 Å². The molecule has 1 nitrogen and oxygen atoms in total. The zero-order chi connectivity index (χ0) is 10.0. The third kappa shape index (κ3) is 2.34. The van der Waals surface area contributed by atoms with Crippen LogP contribution < -0.4 is 0 Å². The lowest BCUT2D eigenvalue weighted by atomic mass is 10.1. The smallest absolute Gasteiger partial charge is 0.227 e. The molecular formula is C7H4BrF3IN. The molecule has 0 unspecified atom stereocenters. The minimum Gasteiger partial charge on any atom is -0.227 e. The molecule has 1 aromatic rings. The molecule has 0 N–H and O–H groups in total. The van der Waals surface area contributed by atoms with Crippen molar-refractivity contribution in [2.45, 2.75) is 11.8 Å². The van der Waals surface area contributed by atoms with E-state index in [1.807, 2.05) is 0 Å². The first-order valence-corrected chi connectivity index (χ1v) is 5.44. The van der Waals surface area contributed by atoms with Crippen LogP contribution >= 0.6 is 38.5 Å². The highest BCUT2D eigenvalue weighted by Gasteiger charge is 2.20. The van der Waals surface area contributed by atoms with Gasteiger partial charge in [0.05, 0.1) is 0 Å². The third-order valence-electron chi connectivity index (χ3n) is 1.47. The Hall–Kier alpha value is 0.150. The molecule has 13 heavy (non-hydrogen) atoms. The van der Waals surface area contributed by atoms with Crippen molar-refractivity contribution in [3.63, 3.8) is 0 Å². The van der Waals surface area contributed by atoms with E-state index in [2.05, 4.69) is 20.9 Å². The van der Waals surface area contributed by atoms with Gasteiger partial charge in [0.15, 0.2) is 0 Å². The van der Waals surface area contributed by atoms with Crippen molar-refractivity contribution in [2.75, 3.05) is 0 Å². The van der Waals surface area contributed by atoms with Crippen LogP contribution in [0.5, 0.6) is 0 Å². The van der Waals surface area contributed by atoms with Crippen molar-refractivity contribution in [2.24, 2.45) is 0 Å². The van der Waals surface area contributed by atoms with Gasteiger partial charge < -0.3 is 0 Å². The maximum atomic E-state index is 12.9. The molecule has 0 amide bonds. The summed E-state index contributed by atoms with van der Waals surface area (Å²) >= 11 is 4.66. The minimum atomic E-state index is -2.67. The molecule has 1 heterocycles. The van der Waals surface area contributed by atoms with Crippen molar-refractivity contribution in [1.82, 2.24) is 4.98 Å². The Morgan fingerprint density at radius 1 is 1.54 bits per heavy atom. The first kappa shape index (κ1) is 11.2. The maximum absolute atomic E-state index is 12.9. The second-order valence-corrected chi connectivity index (χ2v) is 3.95. The molecule has 0 aromatic carbocycles. The lowest BCUT2D eigenvalue weighted by Gasteiger charge is -2.08. The van der Waals surface area contributed by atoms with Gasteiger partial charge in [-0.05, 0) is 22.6 Å². The Morgan fingerprint density at radius 3 is 2.54 bits per heavy atom. The van der Waals surface area contributed by atoms with Gasteiger partial charge in [-0.15, -0.1) is 0 Å². The monoisotopic (exact) mass is 365 g/mol. The molecular weight excluding hydrogens is 362 g/mol. The Labute approximate surface area is 95.0 Å². The molecule has 0 fully saturated rings. The summed E-state index contributed by atoms with van der Waals surface area (Å²) in [5.74, 6) is -0.840. The number of rotatable bonds is 2. The van der Waals surface area contributed by atoms with Crippen molar-refractivity contribution in [3.05, 3.63) is 26.8 Å². The van der Waals surface area contributed by atoms with Crippen LogP contribution in [0.4, 0.5) is 13.2 Å². The molecule has 1 rings (SSSR count). The number of hydrogen-bond donors (Lipinski definition) is 0. The van der Waals surface area contributed by atoms with Gasteiger partial charge in [-0.1, -0.05) is 15.9 Å². The zero-order valence-electron chi connectivity index (χ0n) is 6.20. The average Bonchev–Trinajstić information content (AvgIpc) is 2.07. The lowest BCUT2D eigenvalue weighted by Crippen LogP contribution is -2.02. The van der Waals surface area contributed by atoms with Gasteiger partial charge in [-0.3, -0.25) is 0 Å². The van der Waals surface area contributed by atoms with Gasteiger partial charge >= 0.3 is 0 Å². The Balaban J connectivity index is 3.35. The fraction of sp³-hybridized carbons (Fsp3) is 0.286. The van der Waals surface area contributed by atoms with E-state index in [4.69, 9.17) is 0 Å². The van der Waals surface area contributed by atoms with Crippen LogP contribution in [0, 0.1) is 9.52 Å². The normalized spacial score (nSPS) is 10.9. The molecule has 0 saturated heterocycles. The van der Waals surface area contributed by atoms with Crippen molar-refractivity contribution >= 4 is 38.5 Å². The summed E-state index contributed by atoms with van der Waals surface area (Å²) in [6, 6.07) is 0. The molecule has 72 valence electrons. The van der Waals surface area contributed by atoms with Crippen LogP contribution in [0.15, 0.2) is 6.20 Å². The Kier molecular flexibility index (Phi) is 3.96. The van der Waals surface area contributed by atoms with Gasteiger partial charge in [-0.25, -0.2) is 13.8 Å². The average molecular weight is 366 g/mol. The summed E-state index contributed by atoms with van der Waals surface area (Å²) in [4.78, 5) is 3.36. The third-order valence-corrected chi connectivity index (χ3v) is 2.89. The SMILES string of the molecule is Fc1ncc(I)c(C(F)F)c1CBr. The second-order valence-electron chi connectivity index (χ2n) is 2.22. The topological polar surface area (TPSA) is 12.9 Å². The van der Waals surface area contributed by atoms with Crippen LogP contribution in [0.1, 0.15) is 17.6 Å². The van der Waals surface area contributed by atoms with Crippen LogP contribution in [0.3, 0.4) is 0 Å². The molecule has 0 saturated carbocycles. The summed E-state index contributed by atoms with van der Waals surface area (Å²) in [5.41, 5.74) is -0.341. The fourth-order valence-corrected chi connectivity index (χ4v) is 2.11. The Bertz CT molecular complexity index is 319. The maximum Gasteiger partial charge on any atom is 0.265 e. The summed E-state index contributed by atoms with van der Waals surface area (Å²) in [5, 5.41) is 0.0440. The number of hydrogen-bond acceptors (Lipinski definition) is 1. The predicted molar refractivity (Wildman–Crippen MR) is 54.5 cm³/mol. The quantitative estimate of drug-likeness (QED) is 0.443. The number of halogens is 5. The van der Waals surface area contributed by atoms with Crippen LogP contribution in [0.25, 0.3) is 0 Å². The fourth-order valence-electron chi connectivity index (χ4n) is 0.879. The van der Waals surface area contributed by atoms with E-state index in [0.717, 1.165) is 6.20 Å². The van der Waals surface area contributed by atoms with Gasteiger partial charge in [0.1, 0.15) is 0 Å². The van der Waals surface area contributed by atoms with E-state index in [1.54, 1.807) is 22.6 Å². The zero-order valence-corrected chi connectivity index (χ0v) is 9.94. The number of aromatic nitrogens is 1. The molecule has 6 heteroatoms. The summed E-state index contributed by atoms with van der Waals surface area (Å²) < 4.78 is 38.1. The van der Waals surface area contributed by atoms with E-state index in [0.29, 0.717) is 0 Å². The largest absolute Gasteiger partial charge is 0.265 e. The molecule has 0 aliphatic heterocycles. The summed E-state index contributed by atoms with van der Waals surface area (Å²) in [6.07, 6.45) is -1.57. The van der Waals surface area contributed by atoms with Gasteiger partial charge in [0, 0.05) is 26.2 Å². The standard InChI is InChI=1S/C7H4BrF3IN/c8-1-3-5(6(9)10)4(12)2-13-7(3)11/h2,6H,1H2. The second kappa shape index (κ2) is 4.59. The lowest BCUT2D eigenvalue weighted by molar-refractivity contribution is 0.148. The van der Waals surface area contributed by atoms with Crippen molar-refractivity contribution in [1.29, 1.82) is 0 Å². The van der Waals surface area contributed by atoms with Crippen molar-refractivity contribution in [3.8, 4) is 0 Å². The molecule has 1 aromatic heterocycles.